The molecule has 242 valence electrons. The zero-order valence-corrected chi connectivity index (χ0v) is 25.7. The highest BCUT2D eigenvalue weighted by Gasteiger charge is 2.91. The van der Waals surface area contributed by atoms with Gasteiger partial charge in [-0.3, -0.25) is 4.79 Å². The first-order chi connectivity index (χ1) is 21.0. The van der Waals surface area contributed by atoms with Crippen molar-refractivity contribution in [2.45, 2.75) is 73.6 Å². The third kappa shape index (κ3) is 3.36. The Hall–Kier alpha value is -2.16. The number of aliphatic hydroxyl groups is 3. The minimum absolute atomic E-state index is 0.0693. The van der Waals surface area contributed by atoms with Crippen LogP contribution in [0.5, 0.6) is 0 Å². The van der Waals surface area contributed by atoms with Gasteiger partial charge in [-0.1, -0.05) is 18.2 Å². The van der Waals surface area contributed by atoms with Crippen LogP contribution in [0, 0.1) is 34.5 Å². The molecule has 5 aliphatic carbocycles. The molecule has 1 aromatic carbocycles. The summed E-state index contributed by atoms with van der Waals surface area (Å²) in [6, 6.07) is 8.08. The van der Waals surface area contributed by atoms with Crippen molar-refractivity contribution in [1.29, 1.82) is 0 Å². The Morgan fingerprint density at radius 3 is 2.34 bits per heavy atom. The first-order valence-electron chi connectivity index (χ1n) is 15.4. The molecule has 12 heteroatoms. The summed E-state index contributed by atoms with van der Waals surface area (Å²) in [4.78, 5) is 26.7. The van der Waals surface area contributed by atoms with Crippen molar-refractivity contribution in [2.75, 3.05) is 41.6 Å². The average Bonchev–Trinajstić information content (AvgIpc) is 3.35. The summed E-state index contributed by atoms with van der Waals surface area (Å²) in [6.45, 7) is 1.91. The van der Waals surface area contributed by atoms with Gasteiger partial charge in [0.2, 0.25) is 0 Å². The summed E-state index contributed by atoms with van der Waals surface area (Å²) in [6.07, 6.45) is -5.53. The number of methoxy groups -OCH3 is 4. The fraction of sp³-hybridized carbons (Fsp3) is 0.750. The monoisotopic (exact) mass is 617 g/mol. The Labute approximate surface area is 256 Å². The topological polar surface area (TPSA) is 162 Å². The van der Waals surface area contributed by atoms with E-state index in [2.05, 4.69) is 5.32 Å². The number of hydrogen-bond acceptors (Lipinski definition) is 12. The van der Waals surface area contributed by atoms with Crippen LogP contribution in [0.25, 0.3) is 0 Å². The molecular weight excluding hydrogens is 574 g/mol. The smallest absolute Gasteiger partial charge is 0.338 e. The van der Waals surface area contributed by atoms with Gasteiger partial charge < -0.3 is 49.1 Å². The van der Waals surface area contributed by atoms with Gasteiger partial charge in [0.1, 0.15) is 23.9 Å². The highest BCUT2D eigenvalue weighted by Crippen LogP contribution is 2.79. The van der Waals surface area contributed by atoms with Crippen molar-refractivity contribution < 1.29 is 53.3 Å². The quantitative estimate of drug-likeness (QED) is 0.288. The minimum atomic E-state index is -1.83. The standard InChI is InChI=1S/C32H43NO11/c1-15(34)44-32-20-17(12-30(38,27(42-5)25(32)36)26(20)43-28(37)16-9-7-6-8-10-16)31-19(40-3)11-18(35)29(14-39-2)13-33-24(31)21(32)22(41-4)23(29)31/h6-10,17-27,33,35-36,38H,11-14H2,1-5H3/t17-,18?,19+,20-,21+,22+,23-,24-,25+,26-,27+,29+,30+,31+,32-/m1/s1. The molecule has 44 heavy (non-hydrogen) atoms. The molecule has 6 fully saturated rings. The van der Waals surface area contributed by atoms with Gasteiger partial charge in [0, 0.05) is 83.0 Å². The molecule has 7 rings (SSSR count). The maximum Gasteiger partial charge on any atom is 0.338 e. The summed E-state index contributed by atoms with van der Waals surface area (Å²) in [5.41, 5.74) is -4.81. The Morgan fingerprint density at radius 2 is 1.73 bits per heavy atom. The van der Waals surface area contributed by atoms with Crippen molar-refractivity contribution in [1.82, 2.24) is 5.32 Å². The molecule has 1 spiro atoms. The van der Waals surface area contributed by atoms with E-state index in [9.17, 15) is 24.9 Å². The third-order valence-corrected chi connectivity index (χ3v) is 12.6. The molecule has 15 atom stereocenters. The van der Waals surface area contributed by atoms with Crippen LogP contribution in [-0.2, 0) is 33.2 Å². The summed E-state index contributed by atoms with van der Waals surface area (Å²) in [5.74, 6) is -3.70. The van der Waals surface area contributed by atoms with Gasteiger partial charge in [0.15, 0.2) is 5.60 Å². The van der Waals surface area contributed by atoms with Crippen LogP contribution in [-0.4, -0.2) is 123 Å². The molecule has 0 radical (unpaired) electrons. The Kier molecular flexibility index (Phi) is 7.05. The lowest BCUT2D eigenvalue weighted by molar-refractivity contribution is -0.310. The molecule has 6 aliphatic rings. The highest BCUT2D eigenvalue weighted by atomic mass is 16.6. The van der Waals surface area contributed by atoms with Crippen LogP contribution >= 0.6 is 0 Å². The predicted molar refractivity (Wildman–Crippen MR) is 151 cm³/mol. The molecule has 1 aromatic rings. The van der Waals surface area contributed by atoms with Crippen LogP contribution < -0.4 is 5.32 Å². The van der Waals surface area contributed by atoms with Crippen molar-refractivity contribution >= 4 is 11.9 Å². The second-order valence-corrected chi connectivity index (χ2v) is 13.8. The summed E-state index contributed by atoms with van der Waals surface area (Å²) in [5, 5.41) is 40.4. The molecule has 12 nitrogen and oxygen atoms in total. The highest BCUT2D eigenvalue weighted by molar-refractivity contribution is 5.89. The second kappa shape index (κ2) is 10.2. The van der Waals surface area contributed by atoms with Gasteiger partial charge in [0.25, 0.3) is 0 Å². The van der Waals surface area contributed by atoms with Crippen LogP contribution in [0.1, 0.15) is 30.1 Å². The lowest BCUT2D eigenvalue weighted by Gasteiger charge is -2.68. The predicted octanol–water partition coefficient (Wildman–Crippen LogP) is -0.0842. The largest absolute Gasteiger partial charge is 0.455 e. The third-order valence-electron chi connectivity index (χ3n) is 12.6. The zero-order chi connectivity index (χ0) is 31.4. The SMILES string of the molecule is COC[C@]12CN[C@@H]3[C@@H]4[C@H](OC)[C@H]1[C@@]3([C@@H](OC)CC2O)[C@@H]1C[C@]2(O)[C@H](OC(=O)c3ccccc3)[C@@H]1[C@]4(OC(C)=O)[C@@H](O)[C@@H]2OC. The van der Waals surface area contributed by atoms with E-state index in [1.807, 2.05) is 0 Å². The Bertz CT molecular complexity index is 1310. The molecule has 0 aromatic heterocycles. The number of fused-ring (bicyclic) bond motifs is 2. The first-order valence-corrected chi connectivity index (χ1v) is 15.4. The van der Waals surface area contributed by atoms with Crippen molar-refractivity contribution in [3.8, 4) is 0 Å². The van der Waals surface area contributed by atoms with Crippen molar-refractivity contribution in [3.05, 3.63) is 35.9 Å². The molecule has 1 heterocycles. The molecule has 1 unspecified atom stereocenters. The normalized spacial score (nSPS) is 51.1. The average molecular weight is 618 g/mol. The summed E-state index contributed by atoms with van der Waals surface area (Å²) >= 11 is 0. The first kappa shape index (κ1) is 30.5. The van der Waals surface area contributed by atoms with E-state index in [0.29, 0.717) is 18.5 Å². The lowest BCUT2D eigenvalue weighted by Crippen LogP contribution is -2.81. The molecular formula is C32H43NO11. The van der Waals surface area contributed by atoms with E-state index in [4.69, 9.17) is 28.4 Å². The number of ether oxygens (including phenoxy) is 6. The molecule has 5 saturated carbocycles. The van der Waals surface area contributed by atoms with Crippen molar-refractivity contribution in [3.63, 3.8) is 0 Å². The summed E-state index contributed by atoms with van der Waals surface area (Å²) < 4.78 is 36.9. The van der Waals surface area contributed by atoms with E-state index < -0.39 is 94.4 Å². The number of piperidine rings is 1. The molecule has 1 saturated heterocycles. The molecule has 1 aliphatic heterocycles. The van der Waals surface area contributed by atoms with E-state index in [-0.39, 0.29) is 18.9 Å². The maximum atomic E-state index is 13.6. The Balaban J connectivity index is 1.50. The van der Waals surface area contributed by atoms with Crippen LogP contribution in [0.15, 0.2) is 30.3 Å². The van der Waals surface area contributed by atoms with Gasteiger partial charge >= 0.3 is 11.9 Å². The van der Waals surface area contributed by atoms with E-state index in [1.54, 1.807) is 51.7 Å². The Morgan fingerprint density at radius 1 is 1.00 bits per heavy atom. The van der Waals surface area contributed by atoms with Crippen LogP contribution in [0.2, 0.25) is 0 Å². The van der Waals surface area contributed by atoms with Crippen LogP contribution in [0.3, 0.4) is 0 Å². The van der Waals surface area contributed by atoms with Crippen molar-refractivity contribution in [2.24, 2.45) is 34.5 Å². The molecule has 7 bridgehead atoms. The van der Waals surface area contributed by atoms with Crippen LogP contribution in [0.4, 0.5) is 0 Å². The number of carbonyl (C=O) groups is 2. The lowest BCUT2D eigenvalue weighted by atomic mass is 9.43. The van der Waals surface area contributed by atoms with Gasteiger partial charge in [-0.05, 0) is 24.5 Å². The van der Waals surface area contributed by atoms with Gasteiger partial charge in [-0.2, -0.15) is 0 Å². The fourth-order valence-corrected chi connectivity index (χ4v) is 11.7. The van der Waals surface area contributed by atoms with E-state index in [1.165, 1.54) is 14.0 Å². The number of nitrogens with one attached hydrogen (secondary N) is 1. The van der Waals surface area contributed by atoms with Gasteiger partial charge in [0.05, 0.1) is 30.5 Å². The number of hydrogen-bond donors (Lipinski definition) is 4. The summed E-state index contributed by atoms with van der Waals surface area (Å²) in [7, 11) is 6.18. The fourth-order valence-electron chi connectivity index (χ4n) is 11.7. The maximum absolute atomic E-state index is 13.6. The number of aliphatic hydroxyl groups excluding tert-OH is 2. The van der Waals surface area contributed by atoms with Gasteiger partial charge in [-0.15, -0.1) is 0 Å². The number of rotatable bonds is 8. The molecule has 0 amide bonds. The molecule has 4 N–H and O–H groups in total. The van der Waals surface area contributed by atoms with E-state index in [0.717, 1.165) is 0 Å². The number of esters is 2. The zero-order valence-electron chi connectivity index (χ0n) is 25.7. The van der Waals surface area contributed by atoms with E-state index >= 15 is 0 Å². The second-order valence-electron chi connectivity index (χ2n) is 13.8. The number of carbonyl (C=O) groups excluding carboxylic acids is 2. The minimum Gasteiger partial charge on any atom is -0.455 e. The number of benzene rings is 1. The van der Waals surface area contributed by atoms with Gasteiger partial charge in [-0.25, -0.2) is 4.79 Å².